The summed E-state index contributed by atoms with van der Waals surface area (Å²) in [7, 11) is 0. The van der Waals surface area contributed by atoms with Crippen LogP contribution in [0.2, 0.25) is 0 Å². The number of carbonyl (C=O) groups is 1. The second-order valence-electron chi connectivity index (χ2n) is 7.77. The minimum absolute atomic E-state index is 0.0429. The van der Waals surface area contributed by atoms with Crippen LogP contribution in [0, 0.1) is 13.8 Å². The van der Waals surface area contributed by atoms with E-state index in [-0.39, 0.29) is 6.03 Å². The summed E-state index contributed by atoms with van der Waals surface area (Å²) in [5.74, 6) is 0. The Morgan fingerprint density at radius 3 is 2.79 bits per heavy atom. The number of pyridine rings is 1. The predicted molar refractivity (Wildman–Crippen MR) is 119 cm³/mol. The van der Waals surface area contributed by atoms with Gasteiger partial charge in [-0.05, 0) is 67.7 Å². The van der Waals surface area contributed by atoms with Crippen LogP contribution in [0.15, 0.2) is 48.8 Å². The van der Waals surface area contributed by atoms with E-state index in [1.807, 2.05) is 35.4 Å². The normalized spacial score (nSPS) is 14.2. The third-order valence-electron chi connectivity index (χ3n) is 5.70. The van der Waals surface area contributed by atoms with Gasteiger partial charge in [-0.3, -0.25) is 0 Å². The van der Waals surface area contributed by atoms with E-state index in [1.54, 1.807) is 0 Å². The fourth-order valence-corrected chi connectivity index (χ4v) is 3.91. The summed E-state index contributed by atoms with van der Waals surface area (Å²) < 4.78 is 2.24. The van der Waals surface area contributed by atoms with Crippen molar-refractivity contribution in [3.63, 3.8) is 0 Å². The molecule has 0 fully saturated rings. The molecule has 1 aliphatic heterocycles. The first-order valence-electron chi connectivity index (χ1n) is 10.3. The van der Waals surface area contributed by atoms with Crippen molar-refractivity contribution < 1.29 is 4.79 Å². The number of aromatic nitrogens is 2. The Morgan fingerprint density at radius 1 is 1.21 bits per heavy atom. The van der Waals surface area contributed by atoms with E-state index in [0.29, 0.717) is 13.1 Å². The van der Waals surface area contributed by atoms with Gasteiger partial charge in [0.25, 0.3) is 0 Å². The van der Waals surface area contributed by atoms with Gasteiger partial charge in [0.05, 0.1) is 0 Å². The number of carbonyl (C=O) groups excluding carboxylic acids is 1. The first kappa shape index (κ1) is 19.2. The Hall–Kier alpha value is -3.08. The third kappa shape index (κ3) is 3.90. The zero-order chi connectivity index (χ0) is 20.4. The highest BCUT2D eigenvalue weighted by Crippen LogP contribution is 2.30. The SMILES string of the molecule is CCCn1cc(C2=CCN(C(=O)Nc3ccc(C)c(C)c3)CC2)c2cccnc21. The summed E-state index contributed by atoms with van der Waals surface area (Å²) >= 11 is 0. The van der Waals surface area contributed by atoms with Crippen LogP contribution in [0.4, 0.5) is 10.5 Å². The molecule has 0 aliphatic carbocycles. The predicted octanol–water partition coefficient (Wildman–Crippen LogP) is 5.38. The monoisotopic (exact) mass is 388 g/mol. The van der Waals surface area contributed by atoms with Crippen LogP contribution in [0.5, 0.6) is 0 Å². The number of fused-ring (bicyclic) bond motifs is 1. The van der Waals surface area contributed by atoms with E-state index in [9.17, 15) is 4.79 Å². The number of anilines is 1. The van der Waals surface area contributed by atoms with Crippen molar-refractivity contribution in [1.29, 1.82) is 0 Å². The number of benzene rings is 1. The van der Waals surface area contributed by atoms with Crippen molar-refractivity contribution in [3.05, 3.63) is 65.5 Å². The molecule has 0 bridgehead atoms. The topological polar surface area (TPSA) is 50.2 Å². The third-order valence-corrected chi connectivity index (χ3v) is 5.70. The summed E-state index contributed by atoms with van der Waals surface area (Å²) in [6, 6.07) is 10.1. The fraction of sp³-hybridized carbons (Fsp3) is 0.333. The highest BCUT2D eigenvalue weighted by molar-refractivity contribution is 5.93. The molecule has 5 nitrogen and oxygen atoms in total. The molecule has 4 rings (SSSR count). The van der Waals surface area contributed by atoms with E-state index in [1.165, 1.54) is 27.6 Å². The first-order chi connectivity index (χ1) is 14.1. The molecule has 0 unspecified atom stereocenters. The first-order valence-corrected chi connectivity index (χ1v) is 10.3. The Morgan fingerprint density at radius 2 is 2.07 bits per heavy atom. The second-order valence-corrected chi connectivity index (χ2v) is 7.77. The molecule has 2 amide bonds. The minimum atomic E-state index is -0.0429. The van der Waals surface area contributed by atoms with Crippen molar-refractivity contribution in [2.45, 2.75) is 40.2 Å². The summed E-state index contributed by atoms with van der Waals surface area (Å²) in [6.07, 6.45) is 8.18. The lowest BCUT2D eigenvalue weighted by atomic mass is 10.00. The van der Waals surface area contributed by atoms with Crippen LogP contribution < -0.4 is 5.32 Å². The highest BCUT2D eigenvalue weighted by atomic mass is 16.2. The summed E-state index contributed by atoms with van der Waals surface area (Å²) in [5.41, 5.74) is 6.84. The van der Waals surface area contributed by atoms with Gasteiger partial charge in [-0.1, -0.05) is 19.1 Å². The molecule has 3 heterocycles. The molecular weight excluding hydrogens is 360 g/mol. The van der Waals surface area contributed by atoms with Crippen molar-refractivity contribution in [3.8, 4) is 0 Å². The molecule has 1 N–H and O–H groups in total. The van der Waals surface area contributed by atoms with Crippen LogP contribution in [0.1, 0.15) is 36.5 Å². The number of rotatable bonds is 4. The fourth-order valence-electron chi connectivity index (χ4n) is 3.91. The van der Waals surface area contributed by atoms with E-state index in [2.05, 4.69) is 54.0 Å². The van der Waals surface area contributed by atoms with Gasteiger partial charge in [-0.15, -0.1) is 0 Å². The van der Waals surface area contributed by atoms with Gasteiger partial charge in [0.2, 0.25) is 0 Å². The number of amides is 2. The van der Waals surface area contributed by atoms with Crippen molar-refractivity contribution in [2.75, 3.05) is 18.4 Å². The number of aryl methyl sites for hydroxylation is 3. The van der Waals surface area contributed by atoms with E-state index in [0.717, 1.165) is 30.7 Å². The maximum atomic E-state index is 12.7. The average Bonchev–Trinajstić information content (AvgIpc) is 3.10. The largest absolute Gasteiger partial charge is 0.332 e. The lowest BCUT2D eigenvalue weighted by molar-refractivity contribution is 0.217. The second kappa shape index (κ2) is 8.11. The van der Waals surface area contributed by atoms with Gasteiger partial charge in [0.15, 0.2) is 0 Å². The molecule has 2 aromatic heterocycles. The standard InChI is InChI=1S/C24H28N4O/c1-4-12-28-16-22(21-6-5-11-25-23(21)28)19-9-13-27(14-10-19)24(29)26-20-8-7-17(2)18(3)15-20/h5-9,11,15-16H,4,10,12-14H2,1-3H3,(H,26,29). The van der Waals surface area contributed by atoms with Crippen LogP contribution in [0.3, 0.4) is 0 Å². The smallest absolute Gasteiger partial charge is 0.322 e. The van der Waals surface area contributed by atoms with Crippen molar-refractivity contribution >= 4 is 28.3 Å². The summed E-state index contributed by atoms with van der Waals surface area (Å²) in [4.78, 5) is 19.1. The molecular formula is C24H28N4O. The molecule has 5 heteroatoms. The Balaban J connectivity index is 1.50. The van der Waals surface area contributed by atoms with E-state index < -0.39 is 0 Å². The zero-order valence-electron chi connectivity index (χ0n) is 17.4. The zero-order valence-corrected chi connectivity index (χ0v) is 17.4. The highest BCUT2D eigenvalue weighted by Gasteiger charge is 2.20. The maximum Gasteiger partial charge on any atom is 0.322 e. The van der Waals surface area contributed by atoms with Gasteiger partial charge in [-0.2, -0.15) is 0 Å². The molecule has 1 aliphatic rings. The number of hydrogen-bond acceptors (Lipinski definition) is 2. The quantitative estimate of drug-likeness (QED) is 0.652. The Labute approximate surface area is 172 Å². The minimum Gasteiger partial charge on any atom is -0.332 e. The van der Waals surface area contributed by atoms with Gasteiger partial charge < -0.3 is 14.8 Å². The van der Waals surface area contributed by atoms with Gasteiger partial charge in [0.1, 0.15) is 5.65 Å². The van der Waals surface area contributed by atoms with Crippen molar-refractivity contribution in [1.82, 2.24) is 14.5 Å². The van der Waals surface area contributed by atoms with Crippen molar-refractivity contribution in [2.24, 2.45) is 0 Å². The van der Waals surface area contributed by atoms with Gasteiger partial charge in [0, 0.05) is 48.7 Å². The lowest BCUT2D eigenvalue weighted by Crippen LogP contribution is -2.37. The van der Waals surface area contributed by atoms with Crippen LogP contribution in [0.25, 0.3) is 16.6 Å². The number of nitrogens with one attached hydrogen (secondary N) is 1. The molecule has 29 heavy (non-hydrogen) atoms. The Kier molecular flexibility index (Phi) is 5.38. The molecule has 1 aromatic carbocycles. The lowest BCUT2D eigenvalue weighted by Gasteiger charge is -2.26. The number of hydrogen-bond donors (Lipinski definition) is 1. The molecule has 0 saturated carbocycles. The van der Waals surface area contributed by atoms with Gasteiger partial charge in [-0.25, -0.2) is 9.78 Å². The maximum absolute atomic E-state index is 12.7. The summed E-state index contributed by atoms with van der Waals surface area (Å²) in [6.45, 7) is 8.61. The van der Waals surface area contributed by atoms with Crippen LogP contribution >= 0.6 is 0 Å². The molecule has 0 saturated heterocycles. The summed E-state index contributed by atoms with van der Waals surface area (Å²) in [5, 5.41) is 4.22. The van der Waals surface area contributed by atoms with E-state index >= 15 is 0 Å². The molecule has 3 aromatic rings. The van der Waals surface area contributed by atoms with Crippen LogP contribution in [-0.4, -0.2) is 33.6 Å². The average molecular weight is 389 g/mol. The van der Waals surface area contributed by atoms with Gasteiger partial charge >= 0.3 is 6.03 Å². The number of nitrogens with zero attached hydrogens (tertiary/aromatic N) is 3. The molecule has 0 spiro atoms. The molecule has 0 atom stereocenters. The molecule has 150 valence electrons. The molecule has 0 radical (unpaired) electrons. The van der Waals surface area contributed by atoms with Crippen LogP contribution in [-0.2, 0) is 6.54 Å². The Bertz CT molecular complexity index is 1080. The van der Waals surface area contributed by atoms with E-state index in [4.69, 9.17) is 0 Å². The number of urea groups is 1.